The van der Waals surface area contributed by atoms with Crippen LogP contribution in [0, 0.1) is 5.92 Å². The van der Waals surface area contributed by atoms with Gasteiger partial charge < -0.3 is 13.7 Å². The van der Waals surface area contributed by atoms with Gasteiger partial charge in [-0.3, -0.25) is 9.56 Å². The van der Waals surface area contributed by atoms with Gasteiger partial charge in [0.25, 0.3) is 0 Å². The van der Waals surface area contributed by atoms with Crippen molar-refractivity contribution in [1.29, 1.82) is 0 Å². The number of nitrogens with zero attached hydrogens (tertiary/aromatic N) is 6. The summed E-state index contributed by atoms with van der Waals surface area (Å²) in [6.07, 6.45) is 27.4. The highest BCUT2D eigenvalue weighted by molar-refractivity contribution is 6.27. The molecule has 85 heavy (non-hydrogen) atoms. The summed E-state index contributed by atoms with van der Waals surface area (Å²) in [5, 5.41) is 8.48. The van der Waals surface area contributed by atoms with Crippen molar-refractivity contribution >= 4 is 100 Å². The van der Waals surface area contributed by atoms with Gasteiger partial charge in [0, 0.05) is 89.5 Å². The van der Waals surface area contributed by atoms with Gasteiger partial charge in [-0.05, 0) is 107 Å². The first-order valence-corrected chi connectivity index (χ1v) is 29.6. The molecule has 0 saturated carbocycles. The van der Waals surface area contributed by atoms with Crippen LogP contribution in [-0.2, 0) is 0 Å². The topological polar surface area (TPSA) is 44.4 Å². The van der Waals surface area contributed by atoms with Crippen LogP contribution in [-0.4, -0.2) is 36.0 Å². The van der Waals surface area contributed by atoms with Crippen molar-refractivity contribution in [3.63, 3.8) is 0 Å². The standard InChI is InChI=1S/C79H56N6/c1-3-23-52(48-49-82-65-39-15-12-31-60(65)72-56(34-19-42-68(72)82)59-37-21-44-70-75(59)63-38-18-24-50(2)77(63)84(70)54-28-8-5-9-29-54)78-80-76-55-30-11-10-25-51(55)46-47-64(76)79(81-78)85-67-41-17-14-33-62(67)74-58(36-22-45-71(74)85)57-35-20-43-69-73(57)61-32-13-16-40-66(61)83(69)53-26-6-4-7-27-53/h3-23,25-50,55,76H,1,24H2,2H3/b49-48-,52-23+. The van der Waals surface area contributed by atoms with Gasteiger partial charge in [-0.1, -0.05) is 214 Å². The minimum atomic E-state index is -0.235. The van der Waals surface area contributed by atoms with Crippen molar-refractivity contribution in [2.24, 2.45) is 15.9 Å². The molecule has 3 unspecified atom stereocenters. The maximum Gasteiger partial charge on any atom is 0.157 e. The molecule has 0 spiro atoms. The maximum atomic E-state index is 5.77. The van der Waals surface area contributed by atoms with E-state index in [1.54, 1.807) is 0 Å². The summed E-state index contributed by atoms with van der Waals surface area (Å²) < 4.78 is 9.66. The van der Waals surface area contributed by atoms with E-state index in [1.165, 1.54) is 93.6 Å². The third-order valence-electron chi connectivity index (χ3n) is 18.2. The smallest absolute Gasteiger partial charge is 0.157 e. The highest BCUT2D eigenvalue weighted by Crippen LogP contribution is 2.48. The Bertz CT molecular complexity index is 5300. The fourth-order valence-corrected chi connectivity index (χ4v) is 14.6. The maximum absolute atomic E-state index is 5.77. The lowest BCUT2D eigenvalue weighted by Crippen LogP contribution is -2.35. The molecule has 13 aromatic rings. The number of rotatable bonds is 8. The molecule has 3 atom stereocenters. The summed E-state index contributed by atoms with van der Waals surface area (Å²) in [6.45, 7) is 6.65. The van der Waals surface area contributed by atoms with Gasteiger partial charge in [-0.25, -0.2) is 4.99 Å². The summed E-state index contributed by atoms with van der Waals surface area (Å²) in [6, 6.07) is 75.0. The van der Waals surface area contributed by atoms with Gasteiger partial charge >= 0.3 is 0 Å². The van der Waals surface area contributed by atoms with Gasteiger partial charge in [-0.2, -0.15) is 0 Å². The molecule has 5 heterocycles. The summed E-state index contributed by atoms with van der Waals surface area (Å²) in [7, 11) is 0. The Hall–Kier alpha value is -10.8. The average Bonchev–Trinajstić information content (AvgIpc) is 2.11. The van der Waals surface area contributed by atoms with Crippen LogP contribution in [0.3, 0.4) is 0 Å². The lowest BCUT2D eigenvalue weighted by atomic mass is 9.79. The Morgan fingerprint density at radius 2 is 1.04 bits per heavy atom. The molecular weight excluding hydrogens is 1030 g/mol. The summed E-state index contributed by atoms with van der Waals surface area (Å²) >= 11 is 0. The molecule has 9 aromatic carbocycles. The number of benzene rings is 9. The Labute approximate surface area is 492 Å². The van der Waals surface area contributed by atoms with E-state index in [0.717, 1.165) is 56.5 Å². The van der Waals surface area contributed by atoms with Crippen LogP contribution in [0.5, 0.6) is 0 Å². The molecule has 0 saturated heterocycles. The number of para-hydroxylation sites is 5. The average molecular weight is 1090 g/mol. The molecule has 6 heteroatoms. The van der Waals surface area contributed by atoms with Gasteiger partial charge in [0.1, 0.15) is 5.84 Å². The minimum Gasteiger partial charge on any atom is -0.316 e. The van der Waals surface area contributed by atoms with E-state index in [4.69, 9.17) is 9.98 Å². The quantitative estimate of drug-likeness (QED) is 0.136. The summed E-state index contributed by atoms with van der Waals surface area (Å²) in [5.41, 5.74) is 21.0. The first kappa shape index (κ1) is 48.8. The van der Waals surface area contributed by atoms with Crippen LogP contribution in [0.15, 0.2) is 300 Å². The van der Waals surface area contributed by atoms with E-state index >= 15 is 0 Å². The lowest BCUT2D eigenvalue weighted by Gasteiger charge is -2.33. The number of aromatic nitrogens is 4. The van der Waals surface area contributed by atoms with Gasteiger partial charge in [0.2, 0.25) is 0 Å². The van der Waals surface area contributed by atoms with Crippen LogP contribution in [0.25, 0.3) is 122 Å². The van der Waals surface area contributed by atoms with Gasteiger partial charge in [0.05, 0.1) is 44.7 Å². The van der Waals surface area contributed by atoms with Crippen molar-refractivity contribution in [1.82, 2.24) is 18.3 Å². The predicted molar refractivity (Wildman–Crippen MR) is 359 cm³/mol. The predicted octanol–water partition coefficient (Wildman–Crippen LogP) is 19.7. The third kappa shape index (κ3) is 7.38. The zero-order chi connectivity index (χ0) is 56.3. The zero-order valence-electron chi connectivity index (χ0n) is 46.9. The molecule has 6 nitrogen and oxygen atoms in total. The van der Waals surface area contributed by atoms with E-state index in [9.17, 15) is 0 Å². The normalized spacial score (nSPS) is 17.5. The Morgan fingerprint density at radius 1 is 0.506 bits per heavy atom. The second-order valence-electron chi connectivity index (χ2n) is 22.8. The lowest BCUT2D eigenvalue weighted by molar-refractivity contribution is 0.638. The summed E-state index contributed by atoms with van der Waals surface area (Å²) in [5.74, 6) is 1.91. The third-order valence-corrected chi connectivity index (χ3v) is 18.2. The van der Waals surface area contributed by atoms with Crippen LogP contribution >= 0.6 is 0 Å². The number of aliphatic imine (C=N–C) groups is 2. The molecule has 17 rings (SSSR count). The largest absolute Gasteiger partial charge is 0.316 e. The number of hydrogen-bond donors (Lipinski definition) is 0. The number of fused-ring (bicyclic) bond motifs is 15. The van der Waals surface area contributed by atoms with E-state index < -0.39 is 0 Å². The fraction of sp³-hybridized carbons (Fsp3) is 0.0633. The van der Waals surface area contributed by atoms with Crippen molar-refractivity contribution in [2.45, 2.75) is 25.3 Å². The molecule has 0 N–H and O–H groups in total. The first-order valence-electron chi connectivity index (χ1n) is 29.6. The molecule has 0 amide bonds. The minimum absolute atomic E-state index is 0.0248. The molecule has 0 fully saturated rings. The van der Waals surface area contributed by atoms with E-state index in [-0.39, 0.29) is 12.0 Å². The van der Waals surface area contributed by atoms with Crippen molar-refractivity contribution in [3.8, 4) is 33.6 Å². The van der Waals surface area contributed by atoms with E-state index in [0.29, 0.717) is 11.8 Å². The highest BCUT2D eigenvalue weighted by atomic mass is 15.1. The SMILES string of the molecule is C=C/C=C(\C=C/n1c2ccccc2c2c(-c3cccc4c3c3c(n4-c4ccccc4)C(C)CC=C3)cccc21)C1=NC2C(=CC=C3C=CC=CC32)C(n2c3ccccc3c3c(-c4cccc5c4c4ccccc4n5-c4ccccc4)cccc32)=N1. The molecule has 3 aliphatic carbocycles. The molecular formula is C79H56N6. The van der Waals surface area contributed by atoms with Crippen LogP contribution in [0.4, 0.5) is 0 Å². The molecule has 4 aromatic heterocycles. The second kappa shape index (κ2) is 19.4. The molecule has 1 aliphatic heterocycles. The second-order valence-corrected chi connectivity index (χ2v) is 22.8. The van der Waals surface area contributed by atoms with E-state index in [1.807, 2.05) is 6.08 Å². The fourth-order valence-electron chi connectivity index (χ4n) is 14.6. The van der Waals surface area contributed by atoms with Crippen LogP contribution in [0.1, 0.15) is 30.5 Å². The van der Waals surface area contributed by atoms with Crippen LogP contribution < -0.4 is 0 Å². The Kier molecular flexibility index (Phi) is 11.2. The van der Waals surface area contributed by atoms with Crippen LogP contribution in [0.2, 0.25) is 0 Å². The summed E-state index contributed by atoms with van der Waals surface area (Å²) in [4.78, 5) is 11.5. The van der Waals surface area contributed by atoms with Crippen molar-refractivity contribution in [2.75, 3.05) is 0 Å². The molecule has 0 radical (unpaired) electrons. The number of amidine groups is 1. The molecule has 4 aliphatic rings. The van der Waals surface area contributed by atoms with Crippen molar-refractivity contribution < 1.29 is 0 Å². The number of hydrogen-bond acceptors (Lipinski definition) is 2. The highest BCUT2D eigenvalue weighted by Gasteiger charge is 2.37. The number of allylic oxidation sites excluding steroid dienone is 8. The monoisotopic (exact) mass is 1090 g/mol. The molecule has 0 bridgehead atoms. The van der Waals surface area contributed by atoms with Gasteiger partial charge in [-0.15, -0.1) is 0 Å². The van der Waals surface area contributed by atoms with Gasteiger partial charge in [0.15, 0.2) is 5.84 Å². The Morgan fingerprint density at radius 3 is 1.69 bits per heavy atom. The zero-order valence-corrected chi connectivity index (χ0v) is 46.9. The van der Waals surface area contributed by atoms with E-state index in [2.05, 4.69) is 305 Å². The van der Waals surface area contributed by atoms with Crippen molar-refractivity contribution in [3.05, 3.63) is 302 Å². The first-order chi connectivity index (χ1) is 42.1. The Balaban J connectivity index is 0.841. The molecule has 402 valence electrons.